The van der Waals surface area contributed by atoms with Gasteiger partial charge in [0.05, 0.1) is 17.4 Å². The highest BCUT2D eigenvalue weighted by Crippen LogP contribution is 2.36. The van der Waals surface area contributed by atoms with E-state index in [4.69, 9.17) is 43.4 Å². The smallest absolute Gasteiger partial charge is 0.233 e. The maximum atomic E-state index is 11.5. The number of hydrogen-bond acceptors (Lipinski definition) is 4. The number of hydrogen-bond donors (Lipinski definition) is 0. The fraction of sp³-hybridized carbons (Fsp3) is 0.538. The van der Waals surface area contributed by atoms with Gasteiger partial charge in [0.2, 0.25) is 9.05 Å². The predicted molar refractivity (Wildman–Crippen MR) is 84.1 cm³/mol. The van der Waals surface area contributed by atoms with Crippen molar-refractivity contribution in [3.05, 3.63) is 28.2 Å². The van der Waals surface area contributed by atoms with Gasteiger partial charge in [-0.15, -0.1) is 0 Å². The molecular weight excluding hydrogens is 359 g/mol. The van der Waals surface area contributed by atoms with Gasteiger partial charge in [-0.25, -0.2) is 8.42 Å². The molecule has 0 aromatic heterocycles. The normalized spacial score (nSPS) is 18.4. The van der Waals surface area contributed by atoms with Gasteiger partial charge in [-0.1, -0.05) is 23.2 Å². The maximum absolute atomic E-state index is 11.5. The van der Waals surface area contributed by atoms with Crippen molar-refractivity contribution in [3.8, 4) is 5.75 Å². The molecule has 4 nitrogen and oxygen atoms in total. The van der Waals surface area contributed by atoms with Crippen LogP contribution in [0.2, 0.25) is 10.0 Å². The fourth-order valence-corrected chi connectivity index (χ4v) is 4.45. The van der Waals surface area contributed by atoms with Crippen molar-refractivity contribution < 1.29 is 17.9 Å². The molecule has 118 valence electrons. The molecule has 1 aromatic carbocycles. The highest BCUT2D eigenvalue weighted by atomic mass is 35.7. The molecule has 0 bridgehead atoms. The Morgan fingerprint density at radius 2 is 1.90 bits per heavy atom. The Kier molecular flexibility index (Phi) is 5.65. The van der Waals surface area contributed by atoms with E-state index >= 15 is 0 Å². The summed E-state index contributed by atoms with van der Waals surface area (Å²) in [6.45, 7) is 1.17. The molecule has 2 rings (SSSR count). The van der Waals surface area contributed by atoms with Crippen LogP contribution in [0.4, 0.5) is 0 Å². The van der Waals surface area contributed by atoms with Gasteiger partial charge >= 0.3 is 0 Å². The van der Waals surface area contributed by atoms with Gasteiger partial charge in [0.15, 0.2) is 0 Å². The van der Waals surface area contributed by atoms with E-state index in [1.807, 2.05) is 0 Å². The Morgan fingerprint density at radius 3 is 2.52 bits per heavy atom. The van der Waals surface area contributed by atoms with Gasteiger partial charge in [-0.2, -0.15) is 0 Å². The van der Waals surface area contributed by atoms with Crippen LogP contribution in [0.3, 0.4) is 0 Å². The summed E-state index contributed by atoms with van der Waals surface area (Å²) in [6, 6.07) is 4.89. The molecule has 0 amide bonds. The van der Waals surface area contributed by atoms with Crippen LogP contribution in [-0.4, -0.2) is 34.0 Å². The minimum atomic E-state index is -3.63. The molecule has 1 aliphatic heterocycles. The molecule has 0 N–H and O–H groups in total. The number of halogens is 3. The summed E-state index contributed by atoms with van der Waals surface area (Å²) in [4.78, 5) is 0. The van der Waals surface area contributed by atoms with Crippen molar-refractivity contribution in [2.24, 2.45) is 5.41 Å². The molecule has 0 radical (unpaired) electrons. The van der Waals surface area contributed by atoms with Gasteiger partial charge in [0, 0.05) is 40.4 Å². The predicted octanol–water partition coefficient (Wildman–Crippen LogP) is 3.74. The van der Waals surface area contributed by atoms with Gasteiger partial charge in [0.1, 0.15) is 5.75 Å². The molecule has 8 heteroatoms. The zero-order chi connectivity index (χ0) is 15.5. The first-order valence-corrected chi connectivity index (χ1v) is 9.61. The van der Waals surface area contributed by atoms with Crippen LogP contribution in [-0.2, 0) is 13.8 Å². The molecule has 1 aromatic rings. The first-order chi connectivity index (χ1) is 9.80. The lowest BCUT2D eigenvalue weighted by Crippen LogP contribution is -2.40. The van der Waals surface area contributed by atoms with E-state index < -0.39 is 14.5 Å². The monoisotopic (exact) mass is 372 g/mol. The Morgan fingerprint density at radius 1 is 1.24 bits per heavy atom. The second-order valence-corrected chi connectivity index (χ2v) is 8.78. The minimum absolute atomic E-state index is 0.150. The third kappa shape index (κ3) is 5.18. The SMILES string of the molecule is O=S(=O)(Cl)CC1(COc2cc(Cl)ccc2Cl)CCOCC1. The molecule has 21 heavy (non-hydrogen) atoms. The van der Waals surface area contributed by atoms with Crippen LogP contribution in [0.5, 0.6) is 5.75 Å². The molecule has 0 saturated carbocycles. The average Bonchev–Trinajstić information content (AvgIpc) is 2.39. The van der Waals surface area contributed by atoms with E-state index in [1.165, 1.54) is 0 Å². The van der Waals surface area contributed by atoms with E-state index in [2.05, 4.69) is 0 Å². The third-order valence-electron chi connectivity index (χ3n) is 3.46. The number of ether oxygens (including phenoxy) is 2. The van der Waals surface area contributed by atoms with Gasteiger partial charge in [-0.05, 0) is 25.0 Å². The van der Waals surface area contributed by atoms with Gasteiger partial charge < -0.3 is 9.47 Å². The van der Waals surface area contributed by atoms with Crippen LogP contribution in [0.25, 0.3) is 0 Å². The molecule has 0 spiro atoms. The van der Waals surface area contributed by atoms with Crippen molar-refractivity contribution in [1.82, 2.24) is 0 Å². The lowest BCUT2D eigenvalue weighted by atomic mass is 9.83. The average molecular weight is 374 g/mol. The van der Waals surface area contributed by atoms with Crippen LogP contribution in [0, 0.1) is 5.41 Å². The van der Waals surface area contributed by atoms with Gasteiger partial charge in [-0.3, -0.25) is 0 Å². The molecule has 1 fully saturated rings. The highest BCUT2D eigenvalue weighted by Gasteiger charge is 2.38. The van der Waals surface area contributed by atoms with Crippen molar-refractivity contribution in [3.63, 3.8) is 0 Å². The fourth-order valence-electron chi connectivity index (χ4n) is 2.32. The van der Waals surface area contributed by atoms with Gasteiger partial charge in [0.25, 0.3) is 0 Å². The molecule has 0 unspecified atom stereocenters. The standard InChI is InChI=1S/C13H15Cl3O4S/c14-10-1-2-11(15)12(7-10)20-8-13(9-21(16,17)18)3-5-19-6-4-13/h1-2,7H,3-6,8-9H2. The largest absolute Gasteiger partial charge is 0.491 e. The van der Waals surface area contributed by atoms with Crippen LogP contribution in [0.15, 0.2) is 18.2 Å². The topological polar surface area (TPSA) is 52.6 Å². The van der Waals surface area contributed by atoms with E-state index in [0.29, 0.717) is 41.9 Å². The summed E-state index contributed by atoms with van der Waals surface area (Å²) in [6.07, 6.45) is 1.13. The summed E-state index contributed by atoms with van der Waals surface area (Å²) >= 11 is 11.9. The van der Waals surface area contributed by atoms with Crippen molar-refractivity contribution in [2.45, 2.75) is 12.8 Å². The molecule has 0 atom stereocenters. The lowest BCUT2D eigenvalue weighted by molar-refractivity contribution is 0.00230. The Bertz CT molecular complexity index is 597. The quantitative estimate of drug-likeness (QED) is 0.738. The Labute approximate surface area is 138 Å². The Balaban J connectivity index is 2.14. The first-order valence-electron chi connectivity index (χ1n) is 6.38. The number of rotatable bonds is 5. The molecule has 0 aliphatic carbocycles. The summed E-state index contributed by atoms with van der Waals surface area (Å²) in [7, 11) is 1.80. The van der Waals surface area contributed by atoms with Crippen LogP contribution >= 0.6 is 33.9 Å². The summed E-state index contributed by atoms with van der Waals surface area (Å²) in [5.74, 6) is 0.283. The summed E-state index contributed by atoms with van der Waals surface area (Å²) < 4.78 is 33.9. The molecule has 1 heterocycles. The summed E-state index contributed by atoms with van der Waals surface area (Å²) in [5, 5.41) is 0.927. The van der Waals surface area contributed by atoms with Crippen molar-refractivity contribution in [2.75, 3.05) is 25.6 Å². The lowest BCUT2D eigenvalue weighted by Gasteiger charge is -2.35. The van der Waals surface area contributed by atoms with Crippen molar-refractivity contribution in [1.29, 1.82) is 0 Å². The molecule has 1 aliphatic rings. The van der Waals surface area contributed by atoms with E-state index in [9.17, 15) is 8.42 Å². The maximum Gasteiger partial charge on any atom is 0.233 e. The van der Waals surface area contributed by atoms with E-state index in [0.717, 1.165) is 0 Å². The zero-order valence-corrected chi connectivity index (χ0v) is 14.2. The molecule has 1 saturated heterocycles. The summed E-state index contributed by atoms with van der Waals surface area (Å²) in [5.41, 5.74) is -0.565. The van der Waals surface area contributed by atoms with Crippen molar-refractivity contribution >= 4 is 42.9 Å². The third-order valence-corrected chi connectivity index (χ3v) is 5.29. The van der Waals surface area contributed by atoms with Crippen LogP contribution < -0.4 is 4.74 Å². The zero-order valence-electron chi connectivity index (χ0n) is 11.1. The molecular formula is C13H15Cl3O4S. The minimum Gasteiger partial charge on any atom is -0.491 e. The van der Waals surface area contributed by atoms with E-state index in [1.54, 1.807) is 18.2 Å². The first kappa shape index (κ1) is 17.2. The van der Waals surface area contributed by atoms with Crippen LogP contribution in [0.1, 0.15) is 12.8 Å². The second-order valence-electron chi connectivity index (χ2n) is 5.16. The number of benzene rings is 1. The Hall–Kier alpha value is -0.200. The van der Waals surface area contributed by atoms with E-state index in [-0.39, 0.29) is 12.4 Å². The highest BCUT2D eigenvalue weighted by molar-refractivity contribution is 8.13. The second kappa shape index (κ2) is 6.92.